The van der Waals surface area contributed by atoms with Crippen LogP contribution in [0.3, 0.4) is 0 Å². The SMILES string of the molecule is Nc1ncnc2c1ncn2[C@@H]1O[C@H](COP(=O)(O)OC(=O)C(F)(F)F)[C@@H](O)[C@H]1O. The minimum absolute atomic E-state index is 0.0365. The summed E-state index contributed by atoms with van der Waals surface area (Å²) < 4.78 is 62.0. The van der Waals surface area contributed by atoms with Gasteiger partial charge in [-0.1, -0.05) is 0 Å². The van der Waals surface area contributed by atoms with Crippen molar-refractivity contribution in [3.63, 3.8) is 0 Å². The zero-order valence-electron chi connectivity index (χ0n) is 14.0. The number of aliphatic hydroxyl groups is 2. The first kappa shape index (κ1) is 21.4. The zero-order chi connectivity index (χ0) is 21.6. The summed E-state index contributed by atoms with van der Waals surface area (Å²) in [6.45, 7) is -0.989. The molecule has 17 heteroatoms. The predicted molar refractivity (Wildman–Crippen MR) is 83.6 cm³/mol. The third-order valence-electron chi connectivity index (χ3n) is 3.83. The van der Waals surface area contributed by atoms with Crippen LogP contribution in [0.15, 0.2) is 12.7 Å². The molecule has 0 aromatic carbocycles. The van der Waals surface area contributed by atoms with Crippen molar-refractivity contribution >= 4 is 30.8 Å². The van der Waals surface area contributed by atoms with Crippen LogP contribution in [0.1, 0.15) is 6.23 Å². The number of hydrogen-bond acceptors (Lipinski definition) is 11. The third-order valence-corrected chi connectivity index (χ3v) is 4.70. The van der Waals surface area contributed by atoms with Gasteiger partial charge in [0.2, 0.25) is 0 Å². The Kier molecular flexibility index (Phi) is 5.50. The number of aromatic nitrogens is 4. The highest BCUT2D eigenvalue weighted by Gasteiger charge is 2.48. The minimum Gasteiger partial charge on any atom is -0.387 e. The Bertz CT molecular complexity index is 971. The average molecular weight is 443 g/mol. The van der Waals surface area contributed by atoms with E-state index in [9.17, 15) is 37.6 Å². The summed E-state index contributed by atoms with van der Waals surface area (Å²) in [7, 11) is -5.47. The van der Waals surface area contributed by atoms with Gasteiger partial charge in [0, 0.05) is 0 Å². The number of rotatable bonds is 5. The van der Waals surface area contributed by atoms with Gasteiger partial charge in [0.05, 0.1) is 12.9 Å². The Morgan fingerprint density at radius 1 is 1.31 bits per heavy atom. The van der Waals surface area contributed by atoms with Crippen molar-refractivity contribution in [2.75, 3.05) is 12.3 Å². The fourth-order valence-electron chi connectivity index (χ4n) is 2.50. The molecule has 1 saturated heterocycles. The van der Waals surface area contributed by atoms with Gasteiger partial charge in [-0.3, -0.25) is 14.0 Å². The molecule has 3 rings (SSSR count). The molecular weight excluding hydrogens is 430 g/mol. The molecular formula is C12H13F3N5O8P. The summed E-state index contributed by atoms with van der Waals surface area (Å²) in [6, 6.07) is 0. The number of nitrogen functional groups attached to an aromatic ring is 1. The van der Waals surface area contributed by atoms with Crippen LogP contribution in [0.5, 0.6) is 0 Å². The maximum Gasteiger partial charge on any atom is 0.529 e. The molecule has 13 nitrogen and oxygen atoms in total. The topological polar surface area (TPSA) is 192 Å². The number of phosphoric ester groups is 1. The van der Waals surface area contributed by atoms with Gasteiger partial charge >= 0.3 is 20.0 Å². The van der Waals surface area contributed by atoms with Crippen molar-refractivity contribution in [3.05, 3.63) is 12.7 Å². The van der Waals surface area contributed by atoms with Gasteiger partial charge in [0.25, 0.3) is 0 Å². The number of ether oxygens (including phenoxy) is 1. The molecule has 3 heterocycles. The second-order valence-corrected chi connectivity index (χ2v) is 7.15. The first-order chi connectivity index (χ1) is 13.4. The number of alkyl halides is 3. The number of nitrogens with two attached hydrogens (primary N) is 1. The van der Waals surface area contributed by atoms with Crippen LogP contribution in [-0.4, -0.2) is 71.7 Å². The number of hydrogen-bond donors (Lipinski definition) is 4. The summed E-state index contributed by atoms with van der Waals surface area (Å²) in [5.74, 6) is -2.90. The first-order valence-electron chi connectivity index (χ1n) is 7.63. The number of carbonyl (C=O) groups is 1. The van der Waals surface area contributed by atoms with Gasteiger partial charge in [0.15, 0.2) is 17.7 Å². The maximum absolute atomic E-state index is 12.1. The molecule has 2 aromatic heterocycles. The smallest absolute Gasteiger partial charge is 0.387 e. The van der Waals surface area contributed by atoms with E-state index in [4.69, 9.17) is 10.5 Å². The Hall–Kier alpha value is -2.36. The van der Waals surface area contributed by atoms with E-state index >= 15 is 0 Å². The van der Waals surface area contributed by atoms with Gasteiger partial charge in [-0.25, -0.2) is 24.3 Å². The van der Waals surface area contributed by atoms with Crippen molar-refractivity contribution in [1.29, 1.82) is 0 Å². The van der Waals surface area contributed by atoms with Crippen molar-refractivity contribution in [2.45, 2.75) is 30.7 Å². The van der Waals surface area contributed by atoms with Crippen molar-refractivity contribution < 1.29 is 51.4 Å². The van der Waals surface area contributed by atoms with Crippen LogP contribution in [0.4, 0.5) is 19.0 Å². The summed E-state index contributed by atoms with van der Waals surface area (Å²) in [5.41, 5.74) is 5.96. The molecule has 1 aliphatic rings. The lowest BCUT2D eigenvalue weighted by molar-refractivity contribution is -0.191. The molecule has 1 aliphatic heterocycles. The van der Waals surface area contributed by atoms with E-state index in [1.807, 2.05) is 0 Å². The van der Waals surface area contributed by atoms with Crippen molar-refractivity contribution in [1.82, 2.24) is 19.5 Å². The predicted octanol–water partition coefficient (Wildman–Crippen LogP) is -0.750. The van der Waals surface area contributed by atoms with E-state index in [0.717, 1.165) is 6.33 Å². The number of anilines is 1. The number of aliphatic hydroxyl groups excluding tert-OH is 2. The lowest BCUT2D eigenvalue weighted by Crippen LogP contribution is -2.34. The monoisotopic (exact) mass is 443 g/mol. The number of carbonyl (C=O) groups excluding carboxylic acids is 1. The second kappa shape index (κ2) is 7.47. The molecule has 160 valence electrons. The van der Waals surface area contributed by atoms with E-state index in [-0.39, 0.29) is 17.0 Å². The summed E-state index contributed by atoms with van der Waals surface area (Å²) in [6.07, 6.45) is -9.28. The van der Waals surface area contributed by atoms with Crippen LogP contribution in [0, 0.1) is 0 Å². The average Bonchev–Trinajstić information content (AvgIpc) is 3.15. The highest BCUT2D eigenvalue weighted by Crippen LogP contribution is 2.46. The van der Waals surface area contributed by atoms with E-state index in [0.29, 0.717) is 0 Å². The fourth-order valence-corrected chi connectivity index (χ4v) is 3.20. The fraction of sp³-hybridized carbons (Fsp3) is 0.500. The Balaban J connectivity index is 1.70. The normalized spacial score (nSPS) is 27.1. The van der Waals surface area contributed by atoms with E-state index < -0.39 is 51.1 Å². The van der Waals surface area contributed by atoms with E-state index in [1.165, 1.54) is 10.9 Å². The molecule has 5 atom stereocenters. The van der Waals surface area contributed by atoms with Crippen LogP contribution in [0.25, 0.3) is 11.2 Å². The number of phosphoric acid groups is 1. The van der Waals surface area contributed by atoms with Crippen LogP contribution in [-0.2, 0) is 23.1 Å². The van der Waals surface area contributed by atoms with Crippen LogP contribution in [0.2, 0.25) is 0 Å². The lowest BCUT2D eigenvalue weighted by Gasteiger charge is -2.17. The first-order valence-corrected chi connectivity index (χ1v) is 9.13. The van der Waals surface area contributed by atoms with Crippen molar-refractivity contribution in [2.24, 2.45) is 0 Å². The molecule has 2 aromatic rings. The molecule has 0 amide bonds. The van der Waals surface area contributed by atoms with E-state index in [1.54, 1.807) is 0 Å². The molecule has 29 heavy (non-hydrogen) atoms. The summed E-state index contributed by atoms with van der Waals surface area (Å²) >= 11 is 0. The van der Waals surface area contributed by atoms with Crippen LogP contribution >= 0.6 is 7.82 Å². The quantitative estimate of drug-likeness (QED) is 0.423. The Morgan fingerprint density at radius 3 is 2.66 bits per heavy atom. The van der Waals surface area contributed by atoms with Gasteiger partial charge in [-0.15, -0.1) is 0 Å². The van der Waals surface area contributed by atoms with Crippen molar-refractivity contribution in [3.8, 4) is 0 Å². The molecule has 0 spiro atoms. The van der Waals surface area contributed by atoms with Gasteiger partial charge < -0.3 is 25.2 Å². The molecule has 5 N–H and O–H groups in total. The van der Waals surface area contributed by atoms with E-state index in [2.05, 4.69) is 24.0 Å². The summed E-state index contributed by atoms with van der Waals surface area (Å²) in [5, 5.41) is 20.2. The minimum atomic E-state index is -5.52. The Labute approximate surface area is 158 Å². The molecule has 0 bridgehead atoms. The molecule has 0 radical (unpaired) electrons. The maximum atomic E-state index is 12.1. The van der Waals surface area contributed by atoms with Gasteiger partial charge in [-0.2, -0.15) is 13.2 Å². The highest BCUT2D eigenvalue weighted by atomic mass is 31.2. The highest BCUT2D eigenvalue weighted by molar-refractivity contribution is 7.48. The number of nitrogens with zero attached hydrogens (tertiary/aromatic N) is 4. The number of imidazole rings is 1. The third kappa shape index (κ3) is 4.31. The second-order valence-electron chi connectivity index (χ2n) is 5.77. The summed E-state index contributed by atoms with van der Waals surface area (Å²) in [4.78, 5) is 31.5. The van der Waals surface area contributed by atoms with Gasteiger partial charge in [0.1, 0.15) is 30.2 Å². The zero-order valence-corrected chi connectivity index (χ0v) is 14.9. The molecule has 0 saturated carbocycles. The lowest BCUT2D eigenvalue weighted by atomic mass is 10.1. The standard InChI is InChI=1S/C12H13F3N5O8P/c13-12(14,15)11(23)28-29(24,25)26-1-4-6(21)7(22)10(27-4)20-3-19-5-8(16)17-2-18-9(5)20/h2-4,6-7,10,21-22H,1H2,(H,24,25)(H2,16,17,18)/t4-,6-,7-,10-/m1/s1. The number of fused-ring (bicyclic) bond motifs is 1. The Morgan fingerprint density at radius 2 is 2.00 bits per heavy atom. The molecule has 1 unspecified atom stereocenters. The molecule has 1 fully saturated rings. The van der Waals surface area contributed by atoms with Gasteiger partial charge in [-0.05, 0) is 0 Å². The number of halogens is 3. The van der Waals surface area contributed by atoms with Crippen LogP contribution < -0.4 is 5.73 Å². The molecule has 0 aliphatic carbocycles. The largest absolute Gasteiger partial charge is 0.529 e.